The average molecular weight is 375 g/mol. The molecule has 0 bridgehead atoms. The molecule has 0 aliphatic rings. The first-order valence-corrected chi connectivity index (χ1v) is 7.08. The fourth-order valence-electron chi connectivity index (χ4n) is 1.87. The van der Waals surface area contributed by atoms with Crippen LogP contribution in [0.4, 0.5) is 5.69 Å². The van der Waals surface area contributed by atoms with Gasteiger partial charge in [-0.3, -0.25) is 14.8 Å². The van der Waals surface area contributed by atoms with Crippen molar-refractivity contribution in [3.8, 4) is 0 Å². The highest BCUT2D eigenvalue weighted by atomic mass is 127. The quantitative estimate of drug-likeness (QED) is 0.698. The van der Waals surface area contributed by atoms with E-state index in [1.165, 1.54) is 0 Å². The van der Waals surface area contributed by atoms with Gasteiger partial charge >= 0.3 is 0 Å². The third kappa shape index (κ3) is 2.77. The molecule has 0 saturated carbocycles. The molecule has 4 nitrogen and oxygen atoms in total. The number of anilines is 1. The zero-order chi connectivity index (χ0) is 13.9. The summed E-state index contributed by atoms with van der Waals surface area (Å²) in [5, 5.41) is 2.87. The first kappa shape index (κ1) is 13.0. The number of benzene rings is 2. The normalized spacial score (nSPS) is 10.4. The van der Waals surface area contributed by atoms with Crippen LogP contribution in [-0.2, 0) is 0 Å². The Kier molecular flexibility index (Phi) is 3.60. The van der Waals surface area contributed by atoms with Gasteiger partial charge in [0.1, 0.15) is 0 Å². The highest BCUT2D eigenvalue weighted by Gasteiger charge is 2.07. The molecule has 0 aliphatic heterocycles. The molecule has 1 N–H and O–H groups in total. The van der Waals surface area contributed by atoms with E-state index in [2.05, 4.69) is 37.9 Å². The molecule has 0 atom stereocenters. The minimum absolute atomic E-state index is 0.133. The van der Waals surface area contributed by atoms with Gasteiger partial charge in [-0.25, -0.2) is 0 Å². The largest absolute Gasteiger partial charge is 0.322 e. The van der Waals surface area contributed by atoms with Gasteiger partial charge in [0.25, 0.3) is 5.91 Å². The molecular weight excluding hydrogens is 365 g/mol. The van der Waals surface area contributed by atoms with Crippen LogP contribution < -0.4 is 5.32 Å². The van der Waals surface area contributed by atoms with Crippen LogP contribution in [0.2, 0.25) is 0 Å². The van der Waals surface area contributed by atoms with Crippen LogP contribution in [-0.4, -0.2) is 15.9 Å². The maximum absolute atomic E-state index is 12.2. The van der Waals surface area contributed by atoms with E-state index < -0.39 is 0 Å². The standard InChI is InChI=1S/C15H10IN3O/c16-11-3-1-2-10(8-11)15(20)19-12-4-5-13-14(9-12)18-7-6-17-13/h1-9H,(H,19,20). The van der Waals surface area contributed by atoms with Crippen molar-refractivity contribution >= 4 is 45.2 Å². The fraction of sp³-hybridized carbons (Fsp3) is 0. The Labute approximate surface area is 129 Å². The first-order valence-electron chi connectivity index (χ1n) is 6.00. The Bertz CT molecular complexity index is 789. The van der Waals surface area contributed by atoms with E-state index >= 15 is 0 Å². The van der Waals surface area contributed by atoms with Crippen molar-refractivity contribution in [1.82, 2.24) is 9.97 Å². The zero-order valence-electron chi connectivity index (χ0n) is 10.4. The fourth-order valence-corrected chi connectivity index (χ4v) is 2.42. The molecule has 20 heavy (non-hydrogen) atoms. The maximum atomic E-state index is 12.2. The summed E-state index contributed by atoms with van der Waals surface area (Å²) in [6.45, 7) is 0. The van der Waals surface area contributed by atoms with E-state index in [1.807, 2.05) is 36.4 Å². The Morgan fingerprint density at radius 2 is 1.80 bits per heavy atom. The Morgan fingerprint density at radius 3 is 2.60 bits per heavy atom. The molecule has 98 valence electrons. The summed E-state index contributed by atoms with van der Waals surface area (Å²) in [6, 6.07) is 12.9. The van der Waals surface area contributed by atoms with Crippen molar-refractivity contribution in [1.29, 1.82) is 0 Å². The van der Waals surface area contributed by atoms with Gasteiger partial charge in [0, 0.05) is 27.2 Å². The molecule has 3 rings (SSSR count). The second-order valence-electron chi connectivity index (χ2n) is 4.22. The summed E-state index contributed by atoms with van der Waals surface area (Å²) in [4.78, 5) is 20.6. The van der Waals surface area contributed by atoms with Gasteiger partial charge in [0.15, 0.2) is 0 Å². The summed E-state index contributed by atoms with van der Waals surface area (Å²) >= 11 is 2.18. The van der Waals surface area contributed by atoms with E-state index in [0.29, 0.717) is 11.3 Å². The lowest BCUT2D eigenvalue weighted by Gasteiger charge is -2.06. The second kappa shape index (κ2) is 5.54. The minimum Gasteiger partial charge on any atom is -0.322 e. The number of hydrogen-bond acceptors (Lipinski definition) is 3. The molecule has 1 aromatic heterocycles. The summed E-state index contributed by atoms with van der Waals surface area (Å²) in [5.41, 5.74) is 2.91. The van der Waals surface area contributed by atoms with E-state index in [-0.39, 0.29) is 5.91 Å². The van der Waals surface area contributed by atoms with E-state index in [1.54, 1.807) is 18.5 Å². The van der Waals surface area contributed by atoms with Gasteiger partial charge in [-0.2, -0.15) is 0 Å². The number of halogens is 1. The van der Waals surface area contributed by atoms with Crippen molar-refractivity contribution in [2.45, 2.75) is 0 Å². The monoisotopic (exact) mass is 375 g/mol. The molecular formula is C15H10IN3O. The highest BCUT2D eigenvalue weighted by Crippen LogP contribution is 2.16. The molecule has 0 aliphatic carbocycles. The summed E-state index contributed by atoms with van der Waals surface area (Å²) < 4.78 is 1.03. The molecule has 0 radical (unpaired) electrons. The number of hydrogen-bond donors (Lipinski definition) is 1. The second-order valence-corrected chi connectivity index (χ2v) is 5.47. The minimum atomic E-state index is -0.133. The van der Waals surface area contributed by atoms with Gasteiger partial charge in [0.2, 0.25) is 0 Å². The van der Waals surface area contributed by atoms with Gasteiger partial charge in [-0.05, 0) is 59.0 Å². The third-order valence-corrected chi connectivity index (χ3v) is 3.48. The lowest BCUT2D eigenvalue weighted by atomic mass is 10.2. The number of amides is 1. The van der Waals surface area contributed by atoms with Crippen LogP contribution in [0.1, 0.15) is 10.4 Å². The molecule has 0 unspecified atom stereocenters. The van der Waals surface area contributed by atoms with Crippen LogP contribution >= 0.6 is 22.6 Å². The SMILES string of the molecule is O=C(Nc1ccc2nccnc2c1)c1cccc(I)c1. The van der Waals surface area contributed by atoms with Crippen LogP contribution in [0.25, 0.3) is 11.0 Å². The number of carbonyl (C=O) groups is 1. The molecule has 3 aromatic rings. The number of nitrogens with one attached hydrogen (secondary N) is 1. The van der Waals surface area contributed by atoms with Crippen molar-refractivity contribution in [2.75, 3.05) is 5.32 Å². The molecule has 1 heterocycles. The smallest absolute Gasteiger partial charge is 0.255 e. The van der Waals surface area contributed by atoms with Gasteiger partial charge in [0.05, 0.1) is 11.0 Å². The van der Waals surface area contributed by atoms with Crippen LogP contribution in [0.3, 0.4) is 0 Å². The molecule has 0 spiro atoms. The Morgan fingerprint density at radius 1 is 1.00 bits per heavy atom. The average Bonchev–Trinajstić information content (AvgIpc) is 2.47. The highest BCUT2D eigenvalue weighted by molar-refractivity contribution is 14.1. The zero-order valence-corrected chi connectivity index (χ0v) is 12.5. The lowest BCUT2D eigenvalue weighted by Crippen LogP contribution is -2.11. The number of carbonyl (C=O) groups excluding carboxylic acids is 1. The number of nitrogens with zero attached hydrogens (tertiary/aromatic N) is 2. The molecule has 1 amide bonds. The third-order valence-electron chi connectivity index (χ3n) is 2.81. The topological polar surface area (TPSA) is 54.9 Å². The number of aromatic nitrogens is 2. The maximum Gasteiger partial charge on any atom is 0.255 e. The van der Waals surface area contributed by atoms with Crippen molar-refractivity contribution < 1.29 is 4.79 Å². The predicted molar refractivity (Wildman–Crippen MR) is 86.7 cm³/mol. The van der Waals surface area contributed by atoms with Crippen molar-refractivity contribution in [3.05, 3.63) is 64.0 Å². The van der Waals surface area contributed by atoms with Gasteiger partial charge < -0.3 is 5.32 Å². The summed E-state index contributed by atoms with van der Waals surface area (Å²) in [6.07, 6.45) is 3.28. The van der Waals surface area contributed by atoms with Gasteiger partial charge in [-0.1, -0.05) is 6.07 Å². The predicted octanol–water partition coefficient (Wildman–Crippen LogP) is 3.49. The van der Waals surface area contributed by atoms with Crippen LogP contribution in [0.5, 0.6) is 0 Å². The van der Waals surface area contributed by atoms with E-state index in [0.717, 1.165) is 14.6 Å². The Hall–Kier alpha value is -2.02. The van der Waals surface area contributed by atoms with Crippen molar-refractivity contribution in [2.24, 2.45) is 0 Å². The molecule has 2 aromatic carbocycles. The first-order chi connectivity index (χ1) is 9.72. The summed E-state index contributed by atoms with van der Waals surface area (Å²) in [7, 11) is 0. The van der Waals surface area contributed by atoms with Crippen LogP contribution in [0.15, 0.2) is 54.9 Å². The lowest BCUT2D eigenvalue weighted by molar-refractivity contribution is 0.102. The van der Waals surface area contributed by atoms with E-state index in [4.69, 9.17) is 0 Å². The number of fused-ring (bicyclic) bond motifs is 1. The summed E-state index contributed by atoms with van der Waals surface area (Å²) in [5.74, 6) is -0.133. The van der Waals surface area contributed by atoms with Crippen LogP contribution in [0, 0.1) is 3.57 Å². The molecule has 0 saturated heterocycles. The van der Waals surface area contributed by atoms with E-state index in [9.17, 15) is 4.79 Å². The van der Waals surface area contributed by atoms with Crippen molar-refractivity contribution in [3.63, 3.8) is 0 Å². The van der Waals surface area contributed by atoms with Gasteiger partial charge in [-0.15, -0.1) is 0 Å². The molecule has 0 fully saturated rings. The Balaban J connectivity index is 1.87. The molecule has 5 heteroatoms. The number of rotatable bonds is 2.